The second-order valence-electron chi connectivity index (χ2n) is 3.58. The summed E-state index contributed by atoms with van der Waals surface area (Å²) in [5, 5.41) is 11.1. The summed E-state index contributed by atoms with van der Waals surface area (Å²) < 4.78 is 13.3. The molecule has 0 atom stereocenters. The standard InChI is InChI=1S/C11H10FN5OS/c12-7-3-1-2-4-8(7)15-11(18)16-10-6(9(13)19)5-14-17-10/h1-5H,(H2,13,19)(H3,14,15,16,17,18). The molecular weight excluding hydrogens is 269 g/mol. The maximum Gasteiger partial charge on any atom is 0.324 e. The van der Waals surface area contributed by atoms with Crippen molar-refractivity contribution in [2.24, 2.45) is 5.73 Å². The number of thiocarbonyl (C=S) groups is 1. The van der Waals surface area contributed by atoms with Crippen LogP contribution in [-0.2, 0) is 0 Å². The molecule has 2 rings (SSSR count). The molecule has 8 heteroatoms. The number of aromatic amines is 1. The van der Waals surface area contributed by atoms with Crippen molar-refractivity contribution in [3.05, 3.63) is 41.8 Å². The van der Waals surface area contributed by atoms with E-state index in [2.05, 4.69) is 20.8 Å². The number of para-hydroxylation sites is 1. The number of hydrogen-bond donors (Lipinski definition) is 4. The van der Waals surface area contributed by atoms with Gasteiger partial charge < -0.3 is 11.1 Å². The molecule has 2 amide bonds. The van der Waals surface area contributed by atoms with E-state index in [1.165, 1.54) is 24.4 Å². The van der Waals surface area contributed by atoms with Gasteiger partial charge in [0.15, 0.2) is 0 Å². The van der Waals surface area contributed by atoms with Gasteiger partial charge in [0.2, 0.25) is 0 Å². The molecule has 0 aliphatic rings. The van der Waals surface area contributed by atoms with E-state index in [4.69, 9.17) is 18.0 Å². The quantitative estimate of drug-likeness (QED) is 0.644. The van der Waals surface area contributed by atoms with Crippen LogP contribution in [0.3, 0.4) is 0 Å². The Morgan fingerprint density at radius 3 is 2.79 bits per heavy atom. The molecule has 0 aliphatic heterocycles. The number of benzene rings is 1. The van der Waals surface area contributed by atoms with E-state index in [0.29, 0.717) is 5.56 Å². The second kappa shape index (κ2) is 5.44. The van der Waals surface area contributed by atoms with Crippen molar-refractivity contribution in [1.82, 2.24) is 10.2 Å². The van der Waals surface area contributed by atoms with Gasteiger partial charge in [-0.1, -0.05) is 24.4 Å². The first-order valence-corrected chi connectivity index (χ1v) is 5.64. The maximum absolute atomic E-state index is 13.3. The van der Waals surface area contributed by atoms with Crippen molar-refractivity contribution in [3.8, 4) is 0 Å². The molecule has 0 fully saturated rings. The van der Waals surface area contributed by atoms with E-state index < -0.39 is 11.8 Å². The average molecular weight is 279 g/mol. The molecule has 0 spiro atoms. The van der Waals surface area contributed by atoms with Crippen LogP contribution in [0.15, 0.2) is 30.5 Å². The summed E-state index contributed by atoms with van der Waals surface area (Å²) in [6.45, 7) is 0. The van der Waals surface area contributed by atoms with Gasteiger partial charge in [0.1, 0.15) is 16.6 Å². The van der Waals surface area contributed by atoms with E-state index >= 15 is 0 Å². The zero-order valence-corrected chi connectivity index (χ0v) is 10.4. The highest BCUT2D eigenvalue weighted by Crippen LogP contribution is 2.14. The van der Waals surface area contributed by atoms with Gasteiger partial charge in [-0.15, -0.1) is 0 Å². The zero-order valence-electron chi connectivity index (χ0n) is 9.61. The highest BCUT2D eigenvalue weighted by atomic mass is 32.1. The van der Waals surface area contributed by atoms with E-state index in [1.54, 1.807) is 6.07 Å². The molecule has 6 nitrogen and oxygen atoms in total. The van der Waals surface area contributed by atoms with Gasteiger partial charge in [0.05, 0.1) is 17.4 Å². The van der Waals surface area contributed by atoms with Crippen molar-refractivity contribution in [1.29, 1.82) is 0 Å². The summed E-state index contributed by atoms with van der Waals surface area (Å²) in [6.07, 6.45) is 1.39. The monoisotopic (exact) mass is 279 g/mol. The normalized spacial score (nSPS) is 9.95. The summed E-state index contributed by atoms with van der Waals surface area (Å²) in [5.41, 5.74) is 5.92. The van der Waals surface area contributed by atoms with Gasteiger partial charge in [-0.25, -0.2) is 9.18 Å². The third-order valence-electron chi connectivity index (χ3n) is 2.27. The average Bonchev–Trinajstić information content (AvgIpc) is 2.80. The number of anilines is 2. The van der Waals surface area contributed by atoms with E-state index in [-0.39, 0.29) is 16.5 Å². The highest BCUT2D eigenvalue weighted by molar-refractivity contribution is 7.80. The Morgan fingerprint density at radius 1 is 1.37 bits per heavy atom. The summed E-state index contributed by atoms with van der Waals surface area (Å²) in [4.78, 5) is 11.8. The van der Waals surface area contributed by atoms with E-state index in [1.807, 2.05) is 0 Å². The summed E-state index contributed by atoms with van der Waals surface area (Å²) in [7, 11) is 0. The first kappa shape index (κ1) is 13.0. The predicted molar refractivity (Wildman–Crippen MR) is 73.5 cm³/mol. The van der Waals surface area contributed by atoms with Crippen molar-refractivity contribution < 1.29 is 9.18 Å². The molecule has 0 saturated heterocycles. The zero-order chi connectivity index (χ0) is 13.8. The third kappa shape index (κ3) is 3.05. The topological polar surface area (TPSA) is 95.8 Å². The first-order chi connectivity index (χ1) is 9.08. The maximum atomic E-state index is 13.3. The smallest absolute Gasteiger partial charge is 0.324 e. The van der Waals surface area contributed by atoms with Crippen LogP contribution in [0, 0.1) is 5.82 Å². The molecule has 1 aromatic heterocycles. The molecule has 1 aromatic carbocycles. The van der Waals surface area contributed by atoms with Crippen molar-refractivity contribution >= 4 is 34.7 Å². The van der Waals surface area contributed by atoms with Gasteiger partial charge >= 0.3 is 6.03 Å². The minimum absolute atomic E-state index is 0.0661. The van der Waals surface area contributed by atoms with Crippen LogP contribution in [-0.4, -0.2) is 21.2 Å². The number of urea groups is 1. The number of rotatable bonds is 3. The van der Waals surface area contributed by atoms with Crippen molar-refractivity contribution in [3.63, 3.8) is 0 Å². The SMILES string of the molecule is NC(=S)c1cn[nH]c1NC(=O)Nc1ccccc1F. The number of halogens is 1. The molecule has 0 radical (unpaired) electrons. The van der Waals surface area contributed by atoms with Gasteiger partial charge in [-0.2, -0.15) is 5.10 Å². The number of amides is 2. The van der Waals surface area contributed by atoms with Gasteiger partial charge in [-0.3, -0.25) is 10.4 Å². The minimum atomic E-state index is -0.633. The Balaban J connectivity index is 2.08. The van der Waals surface area contributed by atoms with Crippen LogP contribution >= 0.6 is 12.2 Å². The van der Waals surface area contributed by atoms with Crippen LogP contribution in [0.5, 0.6) is 0 Å². The van der Waals surface area contributed by atoms with Crippen molar-refractivity contribution in [2.45, 2.75) is 0 Å². The van der Waals surface area contributed by atoms with Crippen LogP contribution < -0.4 is 16.4 Å². The predicted octanol–water partition coefficient (Wildman–Crippen LogP) is 1.83. The number of hydrogen-bond acceptors (Lipinski definition) is 3. The lowest BCUT2D eigenvalue weighted by Crippen LogP contribution is -2.22. The molecule has 0 saturated carbocycles. The van der Waals surface area contributed by atoms with Gasteiger partial charge in [0.25, 0.3) is 0 Å². The Morgan fingerprint density at radius 2 is 2.11 bits per heavy atom. The number of H-pyrrole nitrogens is 1. The number of nitrogens with one attached hydrogen (secondary N) is 3. The fourth-order valence-corrected chi connectivity index (χ4v) is 1.55. The Hall–Kier alpha value is -2.48. The lowest BCUT2D eigenvalue weighted by Gasteiger charge is -2.07. The molecule has 2 aromatic rings. The molecule has 0 aliphatic carbocycles. The number of carbonyl (C=O) groups excluding carboxylic acids is 1. The lowest BCUT2D eigenvalue weighted by molar-refractivity contribution is 0.262. The summed E-state index contributed by atoms with van der Waals surface area (Å²) in [6, 6.07) is 5.18. The Labute approximate surface area is 113 Å². The molecule has 0 bridgehead atoms. The van der Waals surface area contributed by atoms with E-state index in [0.717, 1.165) is 0 Å². The fourth-order valence-electron chi connectivity index (χ4n) is 1.40. The van der Waals surface area contributed by atoms with Crippen LogP contribution in [0.2, 0.25) is 0 Å². The molecule has 0 unspecified atom stereocenters. The fraction of sp³-hybridized carbons (Fsp3) is 0. The second-order valence-corrected chi connectivity index (χ2v) is 4.02. The van der Waals surface area contributed by atoms with Gasteiger partial charge in [0, 0.05) is 0 Å². The van der Waals surface area contributed by atoms with E-state index in [9.17, 15) is 9.18 Å². The van der Waals surface area contributed by atoms with Gasteiger partial charge in [-0.05, 0) is 12.1 Å². The Kier molecular flexibility index (Phi) is 3.71. The van der Waals surface area contributed by atoms with Crippen LogP contribution in [0.25, 0.3) is 0 Å². The lowest BCUT2D eigenvalue weighted by atomic mass is 10.3. The molecule has 1 heterocycles. The van der Waals surface area contributed by atoms with Crippen LogP contribution in [0.4, 0.5) is 20.7 Å². The number of carbonyl (C=O) groups is 1. The number of nitrogens with zero attached hydrogens (tertiary/aromatic N) is 1. The first-order valence-electron chi connectivity index (χ1n) is 5.23. The minimum Gasteiger partial charge on any atom is -0.389 e. The number of nitrogens with two attached hydrogens (primary N) is 1. The Bertz CT molecular complexity index is 627. The number of aromatic nitrogens is 2. The largest absolute Gasteiger partial charge is 0.389 e. The molecule has 19 heavy (non-hydrogen) atoms. The third-order valence-corrected chi connectivity index (χ3v) is 2.49. The summed E-state index contributed by atoms with van der Waals surface area (Å²) in [5.74, 6) is -0.279. The summed E-state index contributed by atoms with van der Waals surface area (Å²) >= 11 is 4.79. The highest BCUT2D eigenvalue weighted by Gasteiger charge is 2.12. The molecule has 5 N–H and O–H groups in total. The molecular formula is C11H10FN5OS. The molecule has 98 valence electrons. The van der Waals surface area contributed by atoms with Crippen molar-refractivity contribution in [2.75, 3.05) is 10.6 Å². The van der Waals surface area contributed by atoms with Crippen LogP contribution in [0.1, 0.15) is 5.56 Å².